The van der Waals surface area contributed by atoms with Gasteiger partial charge in [-0.15, -0.1) is 0 Å². The van der Waals surface area contributed by atoms with E-state index in [-0.39, 0.29) is 24.6 Å². The molecule has 2 aliphatic rings. The lowest BCUT2D eigenvalue weighted by Crippen LogP contribution is -2.66. The Bertz CT molecular complexity index is 1090. The van der Waals surface area contributed by atoms with E-state index in [2.05, 4.69) is 0 Å². The highest BCUT2D eigenvalue weighted by Crippen LogP contribution is 2.46. The van der Waals surface area contributed by atoms with Gasteiger partial charge in [0.15, 0.2) is 0 Å². The first-order chi connectivity index (χ1) is 15.2. The van der Waals surface area contributed by atoms with E-state index in [0.717, 1.165) is 22.6 Å². The number of hydrogen-bond donors (Lipinski definition) is 0. The van der Waals surface area contributed by atoms with Gasteiger partial charge in [0.25, 0.3) is 5.91 Å². The molecule has 156 valence electrons. The normalized spacial score (nSPS) is 22.8. The molecule has 2 fully saturated rings. The van der Waals surface area contributed by atoms with Crippen LogP contribution in [0.2, 0.25) is 0 Å². The van der Waals surface area contributed by atoms with Gasteiger partial charge in [-0.1, -0.05) is 60.7 Å². The second kappa shape index (κ2) is 7.80. The Morgan fingerprint density at radius 1 is 0.806 bits per heavy atom. The monoisotopic (exact) mass is 414 g/mol. The highest BCUT2D eigenvalue weighted by atomic mass is 16.6. The van der Waals surface area contributed by atoms with Crippen LogP contribution in [0.3, 0.4) is 0 Å². The van der Waals surface area contributed by atoms with E-state index < -0.39 is 12.1 Å². The number of amides is 2. The topological polar surface area (TPSA) is 59.1 Å². The Balaban J connectivity index is 1.54. The van der Waals surface area contributed by atoms with Crippen molar-refractivity contribution >= 4 is 17.7 Å². The van der Waals surface area contributed by atoms with E-state index in [0.29, 0.717) is 0 Å². The summed E-state index contributed by atoms with van der Waals surface area (Å²) in [5, 5.41) is 0. The van der Waals surface area contributed by atoms with E-state index >= 15 is 0 Å². The molecule has 6 nitrogen and oxygen atoms in total. The lowest BCUT2D eigenvalue weighted by atomic mass is 9.85. The van der Waals surface area contributed by atoms with E-state index in [1.165, 1.54) is 0 Å². The first-order valence-corrected chi connectivity index (χ1v) is 10.2. The molecule has 3 aromatic carbocycles. The van der Waals surface area contributed by atoms with Gasteiger partial charge in [0.05, 0.1) is 19.2 Å². The van der Waals surface area contributed by atoms with Gasteiger partial charge in [0, 0.05) is 5.69 Å². The van der Waals surface area contributed by atoms with Crippen molar-refractivity contribution < 1.29 is 19.1 Å². The second-order valence-corrected chi connectivity index (χ2v) is 7.62. The average Bonchev–Trinajstić information content (AvgIpc) is 3.19. The summed E-state index contributed by atoms with van der Waals surface area (Å²) in [5.74, 6) is 0.593. The van der Waals surface area contributed by atoms with E-state index in [4.69, 9.17) is 9.47 Å². The molecule has 2 heterocycles. The van der Waals surface area contributed by atoms with E-state index in [1.807, 2.05) is 84.9 Å². The van der Waals surface area contributed by atoms with Gasteiger partial charge >= 0.3 is 6.09 Å². The summed E-state index contributed by atoms with van der Waals surface area (Å²) in [6, 6.07) is 25.6. The highest BCUT2D eigenvalue weighted by molar-refractivity contribution is 6.07. The van der Waals surface area contributed by atoms with Crippen LogP contribution in [0.4, 0.5) is 10.5 Å². The molecule has 2 aliphatic heterocycles. The van der Waals surface area contributed by atoms with Crippen LogP contribution in [0.25, 0.3) is 0 Å². The Morgan fingerprint density at radius 2 is 1.42 bits per heavy atom. The Morgan fingerprint density at radius 3 is 2.03 bits per heavy atom. The minimum atomic E-state index is -0.635. The number of methoxy groups -OCH3 is 1. The Kier molecular flexibility index (Phi) is 4.82. The maximum absolute atomic E-state index is 13.5. The molecular weight excluding hydrogens is 392 g/mol. The minimum absolute atomic E-state index is 0.126. The predicted octanol–water partition coefficient (Wildman–Crippen LogP) is 4.35. The lowest BCUT2D eigenvalue weighted by Gasteiger charge is -2.51. The fourth-order valence-electron chi connectivity index (χ4n) is 4.43. The summed E-state index contributed by atoms with van der Waals surface area (Å²) in [7, 11) is 1.61. The smallest absolute Gasteiger partial charge is 0.411 e. The molecule has 0 saturated carbocycles. The molecule has 0 unspecified atom stereocenters. The molecule has 5 rings (SSSR count). The minimum Gasteiger partial charge on any atom is -0.497 e. The molecule has 3 aromatic rings. The molecule has 2 saturated heterocycles. The Labute approximate surface area is 180 Å². The van der Waals surface area contributed by atoms with E-state index in [1.54, 1.807) is 16.9 Å². The molecule has 31 heavy (non-hydrogen) atoms. The standard InChI is InChI=1S/C25H22N2O4/c1-30-20-14-12-19(13-15-20)26-22(18-10-6-3-7-11-18)23(24(26)28)27-21(16-31-25(27)29)17-8-4-2-5-9-17/h2-15,21-23H,16H2,1H3/t21-,22-,23+/m0/s1. The van der Waals surface area contributed by atoms with Gasteiger partial charge in [-0.3, -0.25) is 9.69 Å². The first kappa shape index (κ1) is 19.2. The van der Waals surface area contributed by atoms with Crippen LogP contribution >= 0.6 is 0 Å². The zero-order valence-electron chi connectivity index (χ0n) is 17.0. The molecule has 2 amide bonds. The Hall–Kier alpha value is -3.80. The van der Waals surface area contributed by atoms with Crippen molar-refractivity contribution in [2.45, 2.75) is 18.1 Å². The van der Waals surface area contributed by atoms with Crippen LogP contribution < -0.4 is 9.64 Å². The van der Waals surface area contributed by atoms with Gasteiger partial charge in [0.1, 0.15) is 18.4 Å². The van der Waals surface area contributed by atoms with Gasteiger partial charge in [-0.2, -0.15) is 0 Å². The fraction of sp³-hybridized carbons (Fsp3) is 0.200. The third-order valence-electron chi connectivity index (χ3n) is 5.95. The summed E-state index contributed by atoms with van der Waals surface area (Å²) >= 11 is 0. The van der Waals surface area contributed by atoms with Gasteiger partial charge in [-0.25, -0.2) is 4.79 Å². The van der Waals surface area contributed by atoms with E-state index in [9.17, 15) is 9.59 Å². The number of anilines is 1. The van der Waals surface area contributed by atoms with Crippen molar-refractivity contribution in [2.75, 3.05) is 18.6 Å². The molecule has 0 N–H and O–H groups in total. The van der Waals surface area contributed by atoms with Gasteiger partial charge < -0.3 is 14.4 Å². The van der Waals surface area contributed by atoms with Crippen molar-refractivity contribution in [3.63, 3.8) is 0 Å². The fourth-order valence-corrected chi connectivity index (χ4v) is 4.43. The van der Waals surface area contributed by atoms with Crippen molar-refractivity contribution in [2.24, 2.45) is 0 Å². The first-order valence-electron chi connectivity index (χ1n) is 10.2. The molecule has 3 atom stereocenters. The third kappa shape index (κ3) is 3.20. The van der Waals surface area contributed by atoms with Crippen LogP contribution in [-0.4, -0.2) is 36.7 Å². The third-order valence-corrected chi connectivity index (χ3v) is 5.95. The predicted molar refractivity (Wildman–Crippen MR) is 116 cm³/mol. The number of carbonyl (C=O) groups is 2. The molecule has 6 heteroatoms. The zero-order chi connectivity index (χ0) is 21.4. The summed E-state index contributed by atoms with van der Waals surface area (Å²) < 4.78 is 10.6. The van der Waals surface area contributed by atoms with Crippen molar-refractivity contribution in [1.82, 2.24) is 4.90 Å². The van der Waals surface area contributed by atoms with Gasteiger partial charge in [0.2, 0.25) is 0 Å². The number of rotatable bonds is 5. The van der Waals surface area contributed by atoms with Crippen molar-refractivity contribution in [3.8, 4) is 5.75 Å². The number of cyclic esters (lactones) is 1. The van der Waals surface area contributed by atoms with Gasteiger partial charge in [-0.05, 0) is 35.4 Å². The zero-order valence-corrected chi connectivity index (χ0v) is 17.0. The summed E-state index contributed by atoms with van der Waals surface area (Å²) in [6.07, 6.45) is -0.456. The molecule has 0 bridgehead atoms. The molecule has 0 aliphatic carbocycles. The maximum atomic E-state index is 13.5. The number of β-lactam (4-membered cyclic amide) rings is 1. The van der Waals surface area contributed by atoms with Crippen LogP contribution in [0.15, 0.2) is 84.9 Å². The lowest BCUT2D eigenvalue weighted by molar-refractivity contribution is -0.131. The largest absolute Gasteiger partial charge is 0.497 e. The highest BCUT2D eigenvalue weighted by Gasteiger charge is 2.57. The number of benzene rings is 3. The number of hydrogen-bond acceptors (Lipinski definition) is 4. The number of ether oxygens (including phenoxy) is 2. The summed E-state index contributed by atoms with van der Waals surface area (Å²) in [4.78, 5) is 29.6. The van der Waals surface area contributed by atoms with Crippen LogP contribution in [0, 0.1) is 0 Å². The van der Waals surface area contributed by atoms with Crippen molar-refractivity contribution in [1.29, 1.82) is 0 Å². The van der Waals surface area contributed by atoms with Crippen LogP contribution in [-0.2, 0) is 9.53 Å². The molecule has 0 aromatic heterocycles. The molecule has 0 spiro atoms. The van der Waals surface area contributed by atoms with Crippen molar-refractivity contribution in [3.05, 3.63) is 96.1 Å². The number of nitrogens with zero attached hydrogens (tertiary/aromatic N) is 2. The van der Waals surface area contributed by atoms with Crippen LogP contribution in [0.5, 0.6) is 5.75 Å². The number of carbonyl (C=O) groups excluding carboxylic acids is 2. The second-order valence-electron chi connectivity index (χ2n) is 7.62. The molecular formula is C25H22N2O4. The SMILES string of the molecule is COc1ccc(N2C(=O)[C@H](N3C(=O)OC[C@H]3c3ccccc3)[C@@H]2c2ccccc2)cc1. The molecule has 0 radical (unpaired) electrons. The quantitative estimate of drug-likeness (QED) is 0.583. The van der Waals surface area contributed by atoms with Crippen LogP contribution in [0.1, 0.15) is 23.2 Å². The maximum Gasteiger partial charge on any atom is 0.411 e. The average molecular weight is 414 g/mol. The summed E-state index contributed by atoms with van der Waals surface area (Å²) in [5.41, 5.74) is 2.69. The summed E-state index contributed by atoms with van der Waals surface area (Å²) in [6.45, 7) is 0.233.